The minimum Gasteiger partial charge on any atom is -0.480 e. The second kappa shape index (κ2) is 6.21. The summed E-state index contributed by atoms with van der Waals surface area (Å²) in [6.45, 7) is 7.63. The topological polar surface area (TPSA) is 82.5 Å². The number of amides is 2. The van der Waals surface area contributed by atoms with E-state index >= 15 is 0 Å². The van der Waals surface area contributed by atoms with Crippen LogP contribution in [0, 0.1) is 12.3 Å². The number of thiazole rings is 1. The van der Waals surface area contributed by atoms with Crippen molar-refractivity contribution in [2.75, 3.05) is 7.05 Å². The average molecular weight is 299 g/mol. The van der Waals surface area contributed by atoms with Crippen LogP contribution in [0.3, 0.4) is 0 Å². The molecule has 2 amide bonds. The number of carboxylic acid groups (broad SMARTS) is 1. The van der Waals surface area contributed by atoms with Gasteiger partial charge in [-0.2, -0.15) is 0 Å². The number of nitrogens with zero attached hydrogens (tertiary/aromatic N) is 2. The van der Waals surface area contributed by atoms with E-state index in [2.05, 4.69) is 10.3 Å². The largest absolute Gasteiger partial charge is 0.480 e. The Morgan fingerprint density at radius 1 is 1.50 bits per heavy atom. The van der Waals surface area contributed by atoms with E-state index in [1.54, 1.807) is 33.3 Å². The summed E-state index contributed by atoms with van der Waals surface area (Å²) in [5.41, 5.74) is 2.06. The average Bonchev–Trinajstić information content (AvgIpc) is 2.69. The van der Waals surface area contributed by atoms with Gasteiger partial charge < -0.3 is 15.3 Å². The third kappa shape index (κ3) is 4.19. The highest BCUT2D eigenvalue weighted by atomic mass is 32.1. The monoisotopic (exact) mass is 299 g/mol. The molecule has 20 heavy (non-hydrogen) atoms. The van der Waals surface area contributed by atoms with Crippen molar-refractivity contribution in [3.63, 3.8) is 0 Å². The van der Waals surface area contributed by atoms with Gasteiger partial charge in [0, 0.05) is 11.9 Å². The number of carbonyl (C=O) groups is 2. The molecule has 112 valence electrons. The molecule has 2 N–H and O–H groups in total. The lowest BCUT2D eigenvalue weighted by molar-refractivity contribution is -0.142. The summed E-state index contributed by atoms with van der Waals surface area (Å²) in [6.07, 6.45) is 0. The van der Waals surface area contributed by atoms with Crippen molar-refractivity contribution >= 4 is 23.3 Å². The molecule has 7 heteroatoms. The summed E-state index contributed by atoms with van der Waals surface area (Å²) < 4.78 is 0. The first-order valence-electron chi connectivity index (χ1n) is 6.26. The Morgan fingerprint density at radius 2 is 2.10 bits per heavy atom. The standard InChI is InChI=1S/C13H21N3O3S/c1-8-9(20-7-14-8)6-16(5)12(19)15-10(11(17)18)13(2,3)4/h7,10H,6H2,1-5H3,(H,15,19)(H,17,18)/t10-/m0/s1. The van der Waals surface area contributed by atoms with Crippen LogP contribution in [0.25, 0.3) is 0 Å². The molecular weight excluding hydrogens is 278 g/mol. The van der Waals surface area contributed by atoms with Crippen LogP contribution in [0.5, 0.6) is 0 Å². The fourth-order valence-electron chi connectivity index (χ4n) is 1.65. The van der Waals surface area contributed by atoms with Crippen LogP contribution < -0.4 is 5.32 Å². The maximum Gasteiger partial charge on any atom is 0.326 e. The van der Waals surface area contributed by atoms with E-state index in [1.165, 1.54) is 16.2 Å². The number of hydrogen-bond donors (Lipinski definition) is 2. The Hall–Kier alpha value is -1.63. The molecule has 0 aliphatic heterocycles. The maximum atomic E-state index is 12.1. The van der Waals surface area contributed by atoms with Gasteiger partial charge in [0.2, 0.25) is 0 Å². The summed E-state index contributed by atoms with van der Waals surface area (Å²) >= 11 is 1.48. The smallest absolute Gasteiger partial charge is 0.326 e. The molecule has 0 radical (unpaired) electrons. The van der Waals surface area contributed by atoms with E-state index in [4.69, 9.17) is 0 Å². The molecule has 0 aromatic carbocycles. The van der Waals surface area contributed by atoms with E-state index in [9.17, 15) is 14.7 Å². The Balaban J connectivity index is 2.70. The molecule has 1 aromatic heterocycles. The van der Waals surface area contributed by atoms with Gasteiger partial charge in [-0.1, -0.05) is 20.8 Å². The second-order valence-corrected chi connectivity index (χ2v) is 6.74. The molecule has 0 aliphatic carbocycles. The minimum atomic E-state index is -1.03. The number of nitrogens with one attached hydrogen (secondary N) is 1. The predicted molar refractivity (Wildman–Crippen MR) is 77.7 cm³/mol. The maximum absolute atomic E-state index is 12.1. The van der Waals surface area contributed by atoms with Crippen molar-refractivity contribution < 1.29 is 14.7 Å². The molecule has 0 unspecified atom stereocenters. The Morgan fingerprint density at radius 3 is 2.50 bits per heavy atom. The van der Waals surface area contributed by atoms with Crippen molar-refractivity contribution in [3.05, 3.63) is 16.1 Å². The molecule has 0 saturated heterocycles. The zero-order chi connectivity index (χ0) is 15.5. The molecule has 0 spiro atoms. The number of aryl methyl sites for hydroxylation is 1. The highest BCUT2D eigenvalue weighted by Crippen LogP contribution is 2.20. The molecule has 0 aliphatic rings. The predicted octanol–water partition coefficient (Wildman–Crippen LogP) is 2.09. The van der Waals surface area contributed by atoms with Crippen LogP contribution >= 0.6 is 11.3 Å². The van der Waals surface area contributed by atoms with Crippen molar-refractivity contribution in [1.29, 1.82) is 0 Å². The van der Waals surface area contributed by atoms with E-state index < -0.39 is 23.5 Å². The van der Waals surface area contributed by atoms with Gasteiger partial charge in [0.1, 0.15) is 6.04 Å². The van der Waals surface area contributed by atoms with Crippen molar-refractivity contribution in [2.45, 2.75) is 40.3 Å². The zero-order valence-electron chi connectivity index (χ0n) is 12.4. The Kier molecular flexibility index (Phi) is 5.10. The summed E-state index contributed by atoms with van der Waals surface area (Å²) in [4.78, 5) is 29.9. The number of hydrogen-bond acceptors (Lipinski definition) is 4. The number of urea groups is 1. The molecule has 0 bridgehead atoms. The molecule has 1 aromatic rings. The molecule has 1 rings (SSSR count). The number of carboxylic acids is 1. The van der Waals surface area contributed by atoms with Crippen LogP contribution in [-0.2, 0) is 11.3 Å². The summed E-state index contributed by atoms with van der Waals surface area (Å²) in [7, 11) is 1.63. The van der Waals surface area contributed by atoms with Gasteiger partial charge in [0.05, 0.1) is 17.7 Å². The fraction of sp³-hybridized carbons (Fsp3) is 0.615. The molecule has 1 heterocycles. The second-order valence-electron chi connectivity index (χ2n) is 5.80. The lowest BCUT2D eigenvalue weighted by Gasteiger charge is -2.29. The van der Waals surface area contributed by atoms with Crippen LogP contribution in [0.1, 0.15) is 31.3 Å². The molecule has 1 atom stereocenters. The first kappa shape index (κ1) is 16.4. The minimum absolute atomic E-state index is 0.403. The Labute approximate surface area is 122 Å². The molecule has 6 nitrogen and oxygen atoms in total. The van der Waals surface area contributed by atoms with E-state index in [0.29, 0.717) is 6.54 Å². The van der Waals surface area contributed by atoms with Gasteiger partial charge in [0.15, 0.2) is 0 Å². The van der Waals surface area contributed by atoms with Gasteiger partial charge in [-0.25, -0.2) is 14.6 Å². The Bertz CT molecular complexity index is 493. The normalized spacial score (nSPS) is 12.8. The lowest BCUT2D eigenvalue weighted by atomic mass is 9.87. The number of rotatable bonds is 4. The van der Waals surface area contributed by atoms with Crippen molar-refractivity contribution in [1.82, 2.24) is 15.2 Å². The van der Waals surface area contributed by atoms with Gasteiger partial charge >= 0.3 is 12.0 Å². The van der Waals surface area contributed by atoms with Gasteiger partial charge in [-0.15, -0.1) is 11.3 Å². The van der Waals surface area contributed by atoms with Crippen molar-refractivity contribution in [3.8, 4) is 0 Å². The van der Waals surface area contributed by atoms with Gasteiger partial charge in [-0.3, -0.25) is 0 Å². The first-order chi connectivity index (χ1) is 9.12. The highest BCUT2D eigenvalue weighted by molar-refractivity contribution is 7.09. The number of aromatic nitrogens is 1. The van der Waals surface area contributed by atoms with E-state index in [-0.39, 0.29) is 0 Å². The van der Waals surface area contributed by atoms with Crippen LogP contribution in [0.15, 0.2) is 5.51 Å². The van der Waals surface area contributed by atoms with Gasteiger partial charge in [0.25, 0.3) is 0 Å². The van der Waals surface area contributed by atoms with E-state index in [1.807, 2.05) is 6.92 Å². The third-order valence-corrected chi connectivity index (χ3v) is 3.87. The molecular formula is C13H21N3O3S. The van der Waals surface area contributed by atoms with Crippen LogP contribution in [-0.4, -0.2) is 40.1 Å². The zero-order valence-corrected chi connectivity index (χ0v) is 13.2. The first-order valence-corrected chi connectivity index (χ1v) is 7.14. The third-order valence-electron chi connectivity index (χ3n) is 2.95. The molecule has 0 saturated carbocycles. The van der Waals surface area contributed by atoms with Gasteiger partial charge in [-0.05, 0) is 12.3 Å². The highest BCUT2D eigenvalue weighted by Gasteiger charge is 2.33. The number of aliphatic carboxylic acids is 1. The quantitative estimate of drug-likeness (QED) is 0.892. The van der Waals surface area contributed by atoms with Crippen molar-refractivity contribution in [2.24, 2.45) is 5.41 Å². The van der Waals surface area contributed by atoms with Crippen LogP contribution in [0.4, 0.5) is 4.79 Å². The summed E-state index contributed by atoms with van der Waals surface area (Å²) in [5.74, 6) is -1.03. The van der Waals surface area contributed by atoms with E-state index in [0.717, 1.165) is 10.6 Å². The summed E-state index contributed by atoms with van der Waals surface area (Å²) in [6, 6.07) is -1.33. The SMILES string of the molecule is Cc1ncsc1CN(C)C(=O)N[C@@H](C(=O)O)C(C)(C)C. The lowest BCUT2D eigenvalue weighted by Crippen LogP contribution is -2.52. The summed E-state index contributed by atoms with van der Waals surface area (Å²) in [5, 5.41) is 11.8. The molecule has 0 fully saturated rings. The van der Waals surface area contributed by atoms with Crippen LogP contribution in [0.2, 0.25) is 0 Å². The number of carbonyl (C=O) groups excluding carboxylic acids is 1. The fourth-order valence-corrected chi connectivity index (χ4v) is 2.48.